The zero-order chi connectivity index (χ0) is 21.4. The molecule has 0 aromatic heterocycles. The van der Waals surface area contributed by atoms with E-state index in [-0.39, 0.29) is 28.5 Å². The maximum absolute atomic E-state index is 11.3. The van der Waals surface area contributed by atoms with Gasteiger partial charge in [-0.2, -0.15) is 0 Å². The molecule has 1 aliphatic carbocycles. The second kappa shape index (κ2) is 8.40. The third kappa shape index (κ3) is 3.95. The minimum Gasteiger partial charge on any atom is -0.378 e. The number of fused-ring (bicyclic) bond motifs is 3. The van der Waals surface area contributed by atoms with Gasteiger partial charge in [0.05, 0.1) is 11.0 Å². The number of nitro groups is 1. The molecule has 0 saturated carbocycles. The van der Waals surface area contributed by atoms with Crippen LogP contribution in [0.4, 0.5) is 11.4 Å². The van der Waals surface area contributed by atoms with Gasteiger partial charge < -0.3 is 5.32 Å². The van der Waals surface area contributed by atoms with Gasteiger partial charge in [0, 0.05) is 45.0 Å². The van der Waals surface area contributed by atoms with Gasteiger partial charge in [-0.1, -0.05) is 54.1 Å². The Hall–Kier alpha value is -2.76. The van der Waals surface area contributed by atoms with Crippen molar-refractivity contribution in [2.24, 2.45) is 5.92 Å². The summed E-state index contributed by atoms with van der Waals surface area (Å²) in [5.74, 6) is 1.47. The van der Waals surface area contributed by atoms with Crippen molar-refractivity contribution in [3.8, 4) is 0 Å². The third-order valence-electron chi connectivity index (χ3n) is 6.10. The minimum absolute atomic E-state index is 0.0653. The molecule has 4 nitrogen and oxygen atoms in total. The molecule has 0 radical (unpaired) electrons. The highest BCUT2D eigenvalue weighted by molar-refractivity contribution is 7.98. The summed E-state index contributed by atoms with van der Waals surface area (Å²) in [4.78, 5) is 12.2. The topological polar surface area (TPSA) is 55.2 Å². The zero-order valence-electron chi connectivity index (χ0n) is 16.7. The number of rotatable bonds is 5. The van der Waals surface area contributed by atoms with E-state index in [0.29, 0.717) is 5.02 Å². The van der Waals surface area contributed by atoms with Gasteiger partial charge in [-0.25, -0.2) is 0 Å². The maximum atomic E-state index is 11.3. The van der Waals surface area contributed by atoms with Crippen LogP contribution in [0.25, 0.3) is 0 Å². The van der Waals surface area contributed by atoms with Crippen LogP contribution in [0.3, 0.4) is 0 Å². The summed E-state index contributed by atoms with van der Waals surface area (Å²) in [6.45, 7) is 0. The molecule has 3 atom stereocenters. The van der Waals surface area contributed by atoms with Crippen molar-refractivity contribution in [3.05, 3.63) is 111 Å². The first-order chi connectivity index (χ1) is 15.1. The Labute approximate surface area is 190 Å². The number of hydrogen-bond acceptors (Lipinski definition) is 4. The number of nitrogens with zero attached hydrogens (tertiary/aromatic N) is 1. The fraction of sp³-hybridized carbons (Fsp3) is 0.200. The van der Waals surface area contributed by atoms with Crippen molar-refractivity contribution in [2.45, 2.75) is 29.0 Å². The smallest absolute Gasteiger partial charge is 0.269 e. The Balaban J connectivity index is 1.45. The van der Waals surface area contributed by atoms with Gasteiger partial charge >= 0.3 is 0 Å². The largest absolute Gasteiger partial charge is 0.378 e. The van der Waals surface area contributed by atoms with Crippen molar-refractivity contribution in [2.75, 3.05) is 5.32 Å². The van der Waals surface area contributed by atoms with Gasteiger partial charge in [0.25, 0.3) is 5.69 Å². The number of nitrogens with one attached hydrogen (secondary N) is 1. The van der Waals surface area contributed by atoms with E-state index in [9.17, 15) is 10.1 Å². The number of hydrogen-bond donors (Lipinski definition) is 1. The lowest BCUT2D eigenvalue weighted by atomic mass is 9.76. The molecular weight excluding hydrogens is 428 g/mol. The molecule has 5 rings (SSSR count). The fourth-order valence-corrected chi connectivity index (χ4v) is 5.71. The lowest BCUT2D eigenvalue weighted by molar-refractivity contribution is -0.384. The molecule has 31 heavy (non-hydrogen) atoms. The van der Waals surface area contributed by atoms with Crippen LogP contribution in [0.5, 0.6) is 0 Å². The van der Waals surface area contributed by atoms with Gasteiger partial charge in [-0.3, -0.25) is 10.1 Å². The molecule has 3 aromatic rings. The number of anilines is 1. The predicted molar refractivity (Wildman–Crippen MR) is 127 cm³/mol. The Morgan fingerprint density at radius 1 is 1.06 bits per heavy atom. The first-order valence-electron chi connectivity index (χ1n) is 10.3. The molecule has 3 aromatic carbocycles. The molecule has 0 bridgehead atoms. The number of nitro benzene ring substituents is 1. The second-order valence-corrected chi connectivity index (χ2v) is 9.42. The molecule has 0 saturated heterocycles. The first kappa shape index (κ1) is 20.2. The quantitative estimate of drug-likeness (QED) is 0.191. The summed E-state index contributed by atoms with van der Waals surface area (Å²) in [5.41, 5.74) is 4.53. The van der Waals surface area contributed by atoms with Crippen molar-refractivity contribution < 1.29 is 4.92 Å². The van der Waals surface area contributed by atoms with Crippen molar-refractivity contribution in [1.29, 1.82) is 0 Å². The minimum atomic E-state index is -0.363. The SMILES string of the molecule is O=[N+]([O-])c1ccc(Cl)c([C@@H]2Nc3ccc(CSc4ccccc4)cc3[C@H]3C=CC[C@@H]32)c1. The molecule has 1 N–H and O–H groups in total. The maximum Gasteiger partial charge on any atom is 0.269 e. The molecule has 156 valence electrons. The highest BCUT2D eigenvalue weighted by Crippen LogP contribution is 2.51. The molecule has 0 fully saturated rings. The highest BCUT2D eigenvalue weighted by atomic mass is 35.5. The van der Waals surface area contributed by atoms with Gasteiger partial charge in [-0.05, 0) is 47.7 Å². The Morgan fingerprint density at radius 3 is 2.71 bits per heavy atom. The van der Waals surface area contributed by atoms with E-state index in [1.807, 2.05) is 17.8 Å². The highest BCUT2D eigenvalue weighted by Gasteiger charge is 2.39. The van der Waals surface area contributed by atoms with Crippen LogP contribution in [-0.4, -0.2) is 4.92 Å². The average molecular weight is 449 g/mol. The molecule has 0 amide bonds. The van der Waals surface area contributed by atoms with Gasteiger partial charge in [0.1, 0.15) is 0 Å². The van der Waals surface area contributed by atoms with E-state index in [1.54, 1.807) is 12.1 Å². The summed E-state index contributed by atoms with van der Waals surface area (Å²) >= 11 is 8.32. The molecule has 0 unspecified atom stereocenters. The number of halogens is 1. The number of non-ortho nitro benzene ring substituents is 1. The van der Waals surface area contributed by atoms with Crippen LogP contribution in [-0.2, 0) is 5.75 Å². The monoisotopic (exact) mass is 448 g/mol. The van der Waals surface area contributed by atoms with E-state index in [4.69, 9.17) is 11.6 Å². The lowest BCUT2D eigenvalue weighted by Gasteiger charge is -2.38. The zero-order valence-corrected chi connectivity index (χ0v) is 18.3. The first-order valence-corrected chi connectivity index (χ1v) is 11.6. The van der Waals surface area contributed by atoms with Crippen LogP contribution in [0.2, 0.25) is 5.02 Å². The van der Waals surface area contributed by atoms with Crippen LogP contribution in [0, 0.1) is 16.0 Å². The summed E-state index contributed by atoms with van der Waals surface area (Å²) in [5, 5.41) is 15.5. The summed E-state index contributed by atoms with van der Waals surface area (Å²) in [6.07, 6.45) is 5.41. The van der Waals surface area contributed by atoms with E-state index < -0.39 is 0 Å². The Morgan fingerprint density at radius 2 is 1.90 bits per heavy atom. The standard InChI is InChI=1S/C25H21ClN2O2S/c26-23-11-10-17(28(29)30)14-22(23)25-20-8-4-7-19(20)21-13-16(9-12-24(21)27-25)15-31-18-5-2-1-3-6-18/h1-7,9-14,19-20,25,27H,8,15H2/t19-,20-,25+/m0/s1. The normalized spacial score (nSPS) is 21.3. The van der Waals surface area contributed by atoms with Crippen LogP contribution in [0.1, 0.15) is 35.1 Å². The van der Waals surface area contributed by atoms with Gasteiger partial charge in [0.15, 0.2) is 0 Å². The number of thioether (sulfide) groups is 1. The third-order valence-corrected chi connectivity index (χ3v) is 7.53. The molecule has 2 aliphatic rings. The molecule has 1 aliphatic heterocycles. The van der Waals surface area contributed by atoms with Crippen LogP contribution in [0.15, 0.2) is 83.8 Å². The average Bonchev–Trinajstić information content (AvgIpc) is 3.28. The van der Waals surface area contributed by atoms with Crippen molar-refractivity contribution in [3.63, 3.8) is 0 Å². The predicted octanol–water partition coefficient (Wildman–Crippen LogP) is 7.37. The Kier molecular flexibility index (Phi) is 5.47. The van der Waals surface area contributed by atoms with Gasteiger partial charge in [-0.15, -0.1) is 11.8 Å². The molecule has 0 spiro atoms. The molecule has 6 heteroatoms. The summed E-state index contributed by atoms with van der Waals surface area (Å²) < 4.78 is 0. The van der Waals surface area contributed by atoms with E-state index in [1.165, 1.54) is 22.1 Å². The summed E-state index contributed by atoms with van der Waals surface area (Å²) in [6, 6.07) is 21.7. The lowest BCUT2D eigenvalue weighted by Crippen LogP contribution is -2.29. The van der Waals surface area contributed by atoms with Crippen molar-refractivity contribution in [1.82, 2.24) is 0 Å². The second-order valence-electron chi connectivity index (χ2n) is 7.96. The Bertz CT molecular complexity index is 1170. The number of benzene rings is 3. The van der Waals surface area contributed by atoms with Crippen LogP contribution >= 0.6 is 23.4 Å². The molecule has 1 heterocycles. The van der Waals surface area contributed by atoms with E-state index >= 15 is 0 Å². The van der Waals surface area contributed by atoms with Crippen LogP contribution < -0.4 is 5.32 Å². The molecular formula is C25H21ClN2O2S. The fourth-order valence-electron chi connectivity index (χ4n) is 4.61. The van der Waals surface area contributed by atoms with Gasteiger partial charge in [0.2, 0.25) is 0 Å². The van der Waals surface area contributed by atoms with Crippen molar-refractivity contribution >= 4 is 34.7 Å². The number of allylic oxidation sites excluding steroid dienone is 2. The van der Waals surface area contributed by atoms with E-state index in [0.717, 1.165) is 23.4 Å². The summed E-state index contributed by atoms with van der Waals surface area (Å²) in [7, 11) is 0. The van der Waals surface area contributed by atoms with E-state index in [2.05, 4.69) is 59.9 Å².